The van der Waals surface area contributed by atoms with Crippen molar-refractivity contribution in [1.29, 1.82) is 0 Å². The first kappa shape index (κ1) is 14.2. The molecular formula is C15H10AlF2N5. The van der Waals surface area contributed by atoms with Crippen LogP contribution in [0.25, 0.3) is 16.6 Å². The van der Waals surface area contributed by atoms with E-state index in [0.29, 0.717) is 32.8 Å². The number of pyridine rings is 1. The van der Waals surface area contributed by atoms with Crippen molar-refractivity contribution in [1.82, 2.24) is 24.8 Å². The van der Waals surface area contributed by atoms with Crippen LogP contribution in [0.3, 0.4) is 0 Å². The summed E-state index contributed by atoms with van der Waals surface area (Å²) in [7, 11) is 0. The second kappa shape index (κ2) is 5.05. The fourth-order valence-corrected chi connectivity index (χ4v) is 2.84. The van der Waals surface area contributed by atoms with Gasteiger partial charge in [-0.05, 0) is 28.8 Å². The molecule has 3 heterocycles. The Balaban J connectivity index is 1.91. The first-order chi connectivity index (χ1) is 11.1. The van der Waals surface area contributed by atoms with Crippen molar-refractivity contribution in [3.05, 3.63) is 60.0 Å². The largest absolute Gasteiger partial charge is 0.333 e. The Kier molecular flexibility index (Phi) is 3.11. The molecule has 0 spiro atoms. The van der Waals surface area contributed by atoms with E-state index in [0.717, 1.165) is 9.07 Å². The lowest BCUT2D eigenvalue weighted by atomic mass is 10.0. The van der Waals surface area contributed by atoms with Crippen LogP contribution in [0, 0.1) is 0 Å². The third-order valence-corrected chi connectivity index (χ3v) is 4.18. The molecule has 0 bridgehead atoms. The SMILES string of the molecule is FC(F)(c1ccc2ncccc2c1)c1nnc2cc[c]([AlH2])nn12. The molecule has 5 nitrogen and oxygen atoms in total. The Morgan fingerprint density at radius 3 is 2.78 bits per heavy atom. The molecule has 23 heavy (non-hydrogen) atoms. The monoisotopic (exact) mass is 325 g/mol. The molecule has 0 amide bonds. The summed E-state index contributed by atoms with van der Waals surface area (Å²) in [5.41, 5.74) is 0.813. The van der Waals surface area contributed by atoms with Crippen LogP contribution in [0.1, 0.15) is 11.4 Å². The summed E-state index contributed by atoms with van der Waals surface area (Å²) >= 11 is 0.658. The third kappa shape index (κ3) is 2.27. The fraction of sp³-hybridized carbons (Fsp3) is 0.0667. The number of hydrogen-bond donors (Lipinski definition) is 0. The van der Waals surface area contributed by atoms with Gasteiger partial charge in [0.2, 0.25) is 5.82 Å². The Labute approximate surface area is 137 Å². The van der Waals surface area contributed by atoms with Crippen LogP contribution >= 0.6 is 0 Å². The number of aromatic nitrogens is 5. The molecule has 8 heteroatoms. The lowest BCUT2D eigenvalue weighted by Gasteiger charge is -2.15. The first-order valence-corrected chi connectivity index (χ1v) is 7.98. The standard InChI is InChI=1S/C15H8F2N5.Al.2H/c16-15(17,14-21-20-13-4-2-8-19-22(13)14)11-5-6-12-10(9-11)3-1-7-18-12;;;/h1-7,9H;;;. The minimum atomic E-state index is -3.30. The Hall–Kier alpha value is -2.43. The van der Waals surface area contributed by atoms with Gasteiger partial charge < -0.3 is 0 Å². The van der Waals surface area contributed by atoms with Gasteiger partial charge >= 0.3 is 5.92 Å². The van der Waals surface area contributed by atoms with Gasteiger partial charge in [0.05, 0.1) is 5.52 Å². The molecule has 0 atom stereocenters. The van der Waals surface area contributed by atoms with Crippen molar-refractivity contribution in [2.24, 2.45) is 0 Å². The van der Waals surface area contributed by atoms with Gasteiger partial charge in [-0.25, -0.2) is 0 Å². The highest BCUT2D eigenvalue weighted by molar-refractivity contribution is 6.30. The van der Waals surface area contributed by atoms with E-state index in [9.17, 15) is 8.78 Å². The highest BCUT2D eigenvalue weighted by atomic mass is 27.0. The van der Waals surface area contributed by atoms with Crippen LogP contribution in [0.5, 0.6) is 0 Å². The second-order valence-electron chi connectivity index (χ2n) is 5.25. The van der Waals surface area contributed by atoms with E-state index >= 15 is 0 Å². The van der Waals surface area contributed by atoms with Crippen molar-refractivity contribution in [2.45, 2.75) is 5.92 Å². The highest BCUT2D eigenvalue weighted by Crippen LogP contribution is 2.35. The topological polar surface area (TPSA) is 56.0 Å². The van der Waals surface area contributed by atoms with Crippen LogP contribution in [-0.2, 0) is 5.92 Å². The average Bonchev–Trinajstić information content (AvgIpc) is 2.98. The molecule has 0 aliphatic rings. The molecule has 4 aromatic rings. The molecule has 3 aromatic heterocycles. The van der Waals surface area contributed by atoms with Gasteiger partial charge in [-0.1, -0.05) is 18.2 Å². The summed E-state index contributed by atoms with van der Waals surface area (Å²) < 4.78 is 31.7. The van der Waals surface area contributed by atoms with Gasteiger partial charge in [0.25, 0.3) is 16.3 Å². The highest BCUT2D eigenvalue weighted by Gasteiger charge is 2.40. The molecule has 0 saturated carbocycles. The minimum Gasteiger partial charge on any atom is -0.256 e. The van der Waals surface area contributed by atoms with E-state index in [1.54, 1.807) is 36.5 Å². The van der Waals surface area contributed by atoms with Crippen LogP contribution in [0.4, 0.5) is 8.78 Å². The smallest absolute Gasteiger partial charge is 0.256 e. The molecule has 1 aromatic carbocycles. The summed E-state index contributed by atoms with van der Waals surface area (Å²) in [5.74, 6) is -3.78. The maximum Gasteiger partial charge on any atom is 0.333 e. The number of halogens is 2. The molecule has 0 fully saturated rings. The Morgan fingerprint density at radius 2 is 1.91 bits per heavy atom. The molecule has 0 unspecified atom stereocenters. The van der Waals surface area contributed by atoms with Crippen molar-refractivity contribution >= 4 is 37.4 Å². The minimum absolute atomic E-state index is 0.159. The van der Waals surface area contributed by atoms with Gasteiger partial charge in [0.1, 0.15) is 0 Å². The zero-order valence-electron chi connectivity index (χ0n) is 12.1. The van der Waals surface area contributed by atoms with Gasteiger partial charge in [0, 0.05) is 17.1 Å². The molecule has 0 radical (unpaired) electrons. The number of nitrogens with zero attached hydrogens (tertiary/aromatic N) is 5. The van der Waals surface area contributed by atoms with E-state index in [-0.39, 0.29) is 5.56 Å². The van der Waals surface area contributed by atoms with Crippen molar-refractivity contribution in [2.75, 3.05) is 0 Å². The molecular weight excluding hydrogens is 315 g/mol. The quantitative estimate of drug-likeness (QED) is 0.518. The summed E-state index contributed by atoms with van der Waals surface area (Å²) in [4.78, 5) is 4.14. The van der Waals surface area contributed by atoms with Crippen molar-refractivity contribution < 1.29 is 8.78 Å². The van der Waals surface area contributed by atoms with E-state index in [1.165, 1.54) is 12.1 Å². The number of fused-ring (bicyclic) bond motifs is 2. The molecule has 0 aliphatic heterocycles. The summed E-state index contributed by atoms with van der Waals surface area (Å²) in [6, 6.07) is 11.2. The summed E-state index contributed by atoms with van der Waals surface area (Å²) in [6.45, 7) is 0. The number of hydrogen-bond acceptors (Lipinski definition) is 4. The molecule has 112 valence electrons. The maximum absolute atomic E-state index is 14.9. The van der Waals surface area contributed by atoms with E-state index in [4.69, 9.17) is 0 Å². The third-order valence-electron chi connectivity index (χ3n) is 3.64. The first-order valence-electron chi connectivity index (χ1n) is 6.98. The fourth-order valence-electron chi connectivity index (χ4n) is 2.48. The zero-order chi connectivity index (χ0) is 16.0. The Bertz CT molecular complexity index is 1030. The van der Waals surface area contributed by atoms with Crippen LogP contribution in [-0.4, -0.2) is 41.1 Å². The molecule has 0 aliphatic carbocycles. The molecule has 0 N–H and O–H groups in total. The van der Waals surface area contributed by atoms with Gasteiger partial charge in [-0.2, -0.15) is 18.4 Å². The second-order valence-corrected chi connectivity index (χ2v) is 6.28. The summed E-state index contributed by atoms with van der Waals surface area (Å²) in [6.07, 6.45) is 1.63. The number of alkyl halides is 2. The van der Waals surface area contributed by atoms with E-state index < -0.39 is 11.7 Å². The lowest BCUT2D eigenvalue weighted by molar-refractivity contribution is 0.0308. The van der Waals surface area contributed by atoms with Crippen molar-refractivity contribution in [3.63, 3.8) is 0 Å². The maximum atomic E-state index is 14.9. The van der Waals surface area contributed by atoms with E-state index in [1.807, 2.05) is 0 Å². The molecule has 4 rings (SSSR count). The Morgan fingerprint density at radius 1 is 1.04 bits per heavy atom. The van der Waals surface area contributed by atoms with Gasteiger partial charge in [0.15, 0.2) is 5.65 Å². The van der Waals surface area contributed by atoms with Gasteiger partial charge in [-0.3, -0.25) is 4.98 Å². The molecule has 0 saturated heterocycles. The predicted molar refractivity (Wildman–Crippen MR) is 83.7 cm³/mol. The average molecular weight is 325 g/mol. The van der Waals surface area contributed by atoms with Crippen molar-refractivity contribution in [3.8, 4) is 0 Å². The van der Waals surface area contributed by atoms with Crippen LogP contribution < -0.4 is 4.56 Å². The summed E-state index contributed by atoms with van der Waals surface area (Å²) in [5, 5.41) is 12.3. The van der Waals surface area contributed by atoms with Crippen LogP contribution in [0.2, 0.25) is 0 Å². The normalized spacial score (nSPS) is 12.1. The number of benzene rings is 1. The predicted octanol–water partition coefficient (Wildman–Crippen LogP) is 1.07. The number of rotatable bonds is 2. The van der Waals surface area contributed by atoms with Gasteiger partial charge in [-0.15, -0.1) is 10.2 Å². The lowest BCUT2D eigenvalue weighted by Crippen LogP contribution is -2.22. The van der Waals surface area contributed by atoms with Crippen LogP contribution in [0.15, 0.2) is 48.7 Å². The zero-order valence-corrected chi connectivity index (χ0v) is 14.1. The van der Waals surface area contributed by atoms with E-state index in [2.05, 4.69) is 20.3 Å².